The molecular formula is C13H15NO4. The molecule has 1 aromatic rings. The third kappa shape index (κ3) is 1.63. The third-order valence-corrected chi connectivity index (χ3v) is 3.37. The van der Waals surface area contributed by atoms with Gasteiger partial charge in [0.15, 0.2) is 5.54 Å². The molecule has 1 aromatic carbocycles. The Labute approximate surface area is 105 Å². The quantitative estimate of drug-likeness (QED) is 0.815. The van der Waals surface area contributed by atoms with Gasteiger partial charge in [-0.1, -0.05) is 18.2 Å². The Morgan fingerprint density at radius 1 is 1.56 bits per heavy atom. The summed E-state index contributed by atoms with van der Waals surface area (Å²) in [7, 11) is 0. The van der Waals surface area contributed by atoms with Gasteiger partial charge in [0, 0.05) is 18.5 Å². The first kappa shape index (κ1) is 12.4. The fraction of sp³-hybridized carbons (Fsp3) is 0.385. The molecule has 0 aliphatic carbocycles. The van der Waals surface area contributed by atoms with Crippen LogP contribution < -0.4 is 4.74 Å². The lowest BCUT2D eigenvalue weighted by atomic mass is 9.83. The van der Waals surface area contributed by atoms with E-state index in [0.29, 0.717) is 24.3 Å². The van der Waals surface area contributed by atoms with Crippen LogP contribution in [0.25, 0.3) is 0 Å². The standard InChI is InChI=1S/C13H15NO4/c1-2-14(9-15)13(12(16)17)7-8-18-11-6-4-3-5-10(11)13/h3-6,9H,2,7-8H2,1H3,(H,16,17). The zero-order chi connectivity index (χ0) is 13.2. The van der Waals surface area contributed by atoms with E-state index in [2.05, 4.69) is 0 Å². The van der Waals surface area contributed by atoms with Crippen molar-refractivity contribution in [1.82, 2.24) is 4.90 Å². The predicted molar refractivity (Wildman–Crippen MR) is 64.3 cm³/mol. The number of rotatable bonds is 4. The number of para-hydroxylation sites is 1. The number of nitrogens with zero attached hydrogens (tertiary/aromatic N) is 1. The summed E-state index contributed by atoms with van der Waals surface area (Å²) in [6.07, 6.45) is 0.849. The van der Waals surface area contributed by atoms with Gasteiger partial charge in [0.2, 0.25) is 6.41 Å². The summed E-state index contributed by atoms with van der Waals surface area (Å²) in [4.78, 5) is 24.2. The molecule has 0 saturated heterocycles. The fourth-order valence-electron chi connectivity index (χ4n) is 2.46. The van der Waals surface area contributed by atoms with Gasteiger partial charge in [0.05, 0.1) is 6.61 Å². The van der Waals surface area contributed by atoms with Crippen LogP contribution >= 0.6 is 0 Å². The number of fused-ring (bicyclic) bond motifs is 1. The number of hydrogen-bond acceptors (Lipinski definition) is 3. The van der Waals surface area contributed by atoms with Crippen LogP contribution in [0.2, 0.25) is 0 Å². The molecule has 2 rings (SSSR count). The molecule has 1 aliphatic rings. The van der Waals surface area contributed by atoms with Crippen LogP contribution in [-0.2, 0) is 15.1 Å². The zero-order valence-electron chi connectivity index (χ0n) is 10.1. The zero-order valence-corrected chi connectivity index (χ0v) is 10.1. The number of carbonyl (C=O) groups excluding carboxylic acids is 1. The summed E-state index contributed by atoms with van der Waals surface area (Å²) in [6.45, 7) is 2.38. The SMILES string of the molecule is CCN(C=O)C1(C(=O)O)CCOc2ccccc21. The van der Waals surface area contributed by atoms with Crippen molar-refractivity contribution in [2.24, 2.45) is 0 Å². The molecule has 5 nitrogen and oxygen atoms in total. The van der Waals surface area contributed by atoms with E-state index >= 15 is 0 Å². The number of amides is 1. The highest BCUT2D eigenvalue weighted by Crippen LogP contribution is 2.40. The Morgan fingerprint density at radius 3 is 2.89 bits per heavy atom. The van der Waals surface area contributed by atoms with Gasteiger partial charge < -0.3 is 14.7 Å². The van der Waals surface area contributed by atoms with Crippen molar-refractivity contribution in [2.45, 2.75) is 18.9 Å². The molecule has 0 fully saturated rings. The molecule has 0 aromatic heterocycles. The first-order chi connectivity index (χ1) is 8.66. The van der Waals surface area contributed by atoms with E-state index in [1.807, 2.05) is 0 Å². The number of aliphatic carboxylic acids is 1. The largest absolute Gasteiger partial charge is 0.493 e. The molecule has 18 heavy (non-hydrogen) atoms. The maximum Gasteiger partial charge on any atom is 0.334 e. The average Bonchev–Trinajstić information content (AvgIpc) is 2.40. The summed E-state index contributed by atoms with van der Waals surface area (Å²) in [5.74, 6) is -0.487. The van der Waals surface area contributed by atoms with E-state index < -0.39 is 11.5 Å². The molecule has 1 N–H and O–H groups in total. The average molecular weight is 249 g/mol. The van der Waals surface area contributed by atoms with Gasteiger partial charge >= 0.3 is 5.97 Å². The number of hydrogen-bond donors (Lipinski definition) is 1. The van der Waals surface area contributed by atoms with E-state index in [1.165, 1.54) is 4.90 Å². The number of carboxylic acids is 1. The van der Waals surface area contributed by atoms with Crippen LogP contribution in [0.4, 0.5) is 0 Å². The van der Waals surface area contributed by atoms with Crippen LogP contribution in [0.15, 0.2) is 24.3 Å². The molecule has 1 aliphatic heterocycles. The Hall–Kier alpha value is -2.04. The lowest BCUT2D eigenvalue weighted by Crippen LogP contribution is -2.54. The molecular weight excluding hydrogens is 234 g/mol. The van der Waals surface area contributed by atoms with E-state index in [0.717, 1.165) is 0 Å². The summed E-state index contributed by atoms with van der Waals surface area (Å²) in [5.41, 5.74) is -0.775. The first-order valence-corrected chi connectivity index (χ1v) is 5.84. The maximum atomic E-state index is 11.7. The Bertz CT molecular complexity index is 474. The van der Waals surface area contributed by atoms with Crippen LogP contribution in [0.1, 0.15) is 18.9 Å². The van der Waals surface area contributed by atoms with Gasteiger partial charge in [-0.3, -0.25) is 4.79 Å². The highest BCUT2D eigenvalue weighted by atomic mass is 16.5. The lowest BCUT2D eigenvalue weighted by Gasteiger charge is -2.41. The smallest absolute Gasteiger partial charge is 0.334 e. The minimum Gasteiger partial charge on any atom is -0.493 e. The first-order valence-electron chi connectivity index (χ1n) is 5.84. The van der Waals surface area contributed by atoms with Gasteiger partial charge in [0.1, 0.15) is 5.75 Å². The minimum atomic E-state index is -1.31. The van der Waals surface area contributed by atoms with E-state index in [4.69, 9.17) is 4.74 Å². The van der Waals surface area contributed by atoms with Gasteiger partial charge in [-0.2, -0.15) is 0 Å². The Kier molecular flexibility index (Phi) is 3.23. The second kappa shape index (κ2) is 4.68. The Balaban J connectivity index is 2.63. The van der Waals surface area contributed by atoms with E-state index in [-0.39, 0.29) is 13.0 Å². The molecule has 0 radical (unpaired) electrons. The predicted octanol–water partition coefficient (Wildman–Crippen LogP) is 1.23. The van der Waals surface area contributed by atoms with Crippen molar-refractivity contribution in [1.29, 1.82) is 0 Å². The highest BCUT2D eigenvalue weighted by Gasteiger charge is 2.48. The van der Waals surface area contributed by atoms with Crippen molar-refractivity contribution >= 4 is 12.4 Å². The van der Waals surface area contributed by atoms with Crippen molar-refractivity contribution in [3.05, 3.63) is 29.8 Å². The highest BCUT2D eigenvalue weighted by molar-refractivity contribution is 5.84. The minimum absolute atomic E-state index is 0.256. The molecule has 0 bridgehead atoms. The summed E-state index contributed by atoms with van der Waals surface area (Å²) >= 11 is 0. The normalized spacial score (nSPS) is 21.6. The molecule has 0 saturated carbocycles. The van der Waals surface area contributed by atoms with Crippen molar-refractivity contribution < 1.29 is 19.4 Å². The lowest BCUT2D eigenvalue weighted by molar-refractivity contribution is -0.158. The second-order valence-electron chi connectivity index (χ2n) is 4.15. The van der Waals surface area contributed by atoms with Crippen LogP contribution in [-0.4, -0.2) is 35.5 Å². The van der Waals surface area contributed by atoms with Gasteiger partial charge in [0.25, 0.3) is 0 Å². The third-order valence-electron chi connectivity index (χ3n) is 3.37. The molecule has 1 atom stereocenters. The van der Waals surface area contributed by atoms with Gasteiger partial charge in [-0.25, -0.2) is 4.79 Å². The topological polar surface area (TPSA) is 66.8 Å². The molecule has 1 unspecified atom stereocenters. The summed E-state index contributed by atoms with van der Waals surface area (Å²) in [5, 5.41) is 9.61. The van der Waals surface area contributed by atoms with Crippen LogP contribution in [0, 0.1) is 0 Å². The van der Waals surface area contributed by atoms with Gasteiger partial charge in [-0.05, 0) is 13.0 Å². The van der Waals surface area contributed by atoms with Gasteiger partial charge in [-0.15, -0.1) is 0 Å². The summed E-state index contributed by atoms with van der Waals surface area (Å²) in [6, 6.07) is 6.97. The molecule has 1 amide bonds. The van der Waals surface area contributed by atoms with E-state index in [9.17, 15) is 14.7 Å². The fourth-order valence-corrected chi connectivity index (χ4v) is 2.46. The number of benzene rings is 1. The second-order valence-corrected chi connectivity index (χ2v) is 4.15. The monoisotopic (exact) mass is 249 g/mol. The molecule has 5 heteroatoms. The van der Waals surface area contributed by atoms with Crippen molar-refractivity contribution in [3.63, 3.8) is 0 Å². The van der Waals surface area contributed by atoms with Crippen molar-refractivity contribution in [2.75, 3.05) is 13.2 Å². The maximum absolute atomic E-state index is 11.7. The van der Waals surface area contributed by atoms with Crippen molar-refractivity contribution in [3.8, 4) is 5.75 Å². The van der Waals surface area contributed by atoms with E-state index in [1.54, 1.807) is 31.2 Å². The number of likely N-dealkylation sites (N-methyl/N-ethyl adjacent to an activating group) is 1. The number of ether oxygens (including phenoxy) is 1. The Morgan fingerprint density at radius 2 is 2.28 bits per heavy atom. The molecule has 1 heterocycles. The van der Waals surface area contributed by atoms with Crippen LogP contribution in [0.3, 0.4) is 0 Å². The summed E-state index contributed by atoms with van der Waals surface area (Å²) < 4.78 is 5.46. The van der Waals surface area contributed by atoms with Crippen LogP contribution in [0.5, 0.6) is 5.75 Å². The number of carbonyl (C=O) groups is 2. The molecule has 0 spiro atoms. The molecule has 96 valence electrons. The number of carboxylic acid groups (broad SMARTS) is 1.